The maximum Gasteiger partial charge on any atom is 0.416 e. The Morgan fingerprint density at radius 2 is 1.88 bits per heavy atom. The Labute approximate surface area is 91.8 Å². The summed E-state index contributed by atoms with van der Waals surface area (Å²) < 4.78 is 36.9. The molecule has 5 heteroatoms. The van der Waals surface area contributed by atoms with Crippen molar-refractivity contribution >= 4 is 5.69 Å². The highest BCUT2D eigenvalue weighted by Gasteiger charge is 2.30. The van der Waals surface area contributed by atoms with Gasteiger partial charge in [-0.1, -0.05) is 0 Å². The molecule has 0 amide bonds. The van der Waals surface area contributed by atoms with Crippen LogP contribution in [0.15, 0.2) is 24.3 Å². The SMILES string of the molecule is FC(F)(F)c1ccc(N[C@H]2CCNC2)cc1. The summed E-state index contributed by atoms with van der Waals surface area (Å²) in [5.74, 6) is 0. The third kappa shape index (κ3) is 2.66. The second kappa shape index (κ2) is 4.33. The van der Waals surface area contributed by atoms with Gasteiger partial charge in [-0.25, -0.2) is 0 Å². The zero-order valence-electron chi connectivity index (χ0n) is 8.64. The van der Waals surface area contributed by atoms with Crippen LogP contribution in [0.4, 0.5) is 18.9 Å². The Morgan fingerprint density at radius 3 is 2.38 bits per heavy atom. The van der Waals surface area contributed by atoms with E-state index >= 15 is 0 Å². The predicted molar refractivity (Wildman–Crippen MR) is 56.3 cm³/mol. The maximum absolute atomic E-state index is 12.3. The van der Waals surface area contributed by atoms with Gasteiger partial charge in [-0.05, 0) is 37.2 Å². The molecule has 0 unspecified atom stereocenters. The van der Waals surface area contributed by atoms with Crippen molar-refractivity contribution in [2.45, 2.75) is 18.6 Å². The summed E-state index contributed by atoms with van der Waals surface area (Å²) in [7, 11) is 0. The Kier molecular flexibility index (Phi) is 3.05. The van der Waals surface area contributed by atoms with E-state index in [-0.39, 0.29) is 0 Å². The van der Waals surface area contributed by atoms with Crippen molar-refractivity contribution in [1.29, 1.82) is 0 Å². The molecule has 0 aromatic heterocycles. The van der Waals surface area contributed by atoms with Crippen molar-refractivity contribution in [1.82, 2.24) is 5.32 Å². The topological polar surface area (TPSA) is 24.1 Å². The number of hydrogen-bond acceptors (Lipinski definition) is 2. The van der Waals surface area contributed by atoms with Crippen molar-refractivity contribution < 1.29 is 13.2 Å². The van der Waals surface area contributed by atoms with E-state index in [0.717, 1.165) is 37.3 Å². The van der Waals surface area contributed by atoms with Gasteiger partial charge in [0.1, 0.15) is 0 Å². The second-order valence-corrected chi connectivity index (χ2v) is 3.91. The normalized spacial score (nSPS) is 21.1. The first-order chi connectivity index (χ1) is 7.55. The van der Waals surface area contributed by atoms with E-state index in [2.05, 4.69) is 10.6 Å². The summed E-state index contributed by atoms with van der Waals surface area (Å²) in [4.78, 5) is 0. The lowest BCUT2D eigenvalue weighted by atomic mass is 10.2. The van der Waals surface area contributed by atoms with Gasteiger partial charge < -0.3 is 10.6 Å². The van der Waals surface area contributed by atoms with Gasteiger partial charge in [-0.3, -0.25) is 0 Å². The Hall–Kier alpha value is -1.23. The van der Waals surface area contributed by atoms with E-state index in [1.54, 1.807) is 0 Å². The average Bonchev–Trinajstić information content (AvgIpc) is 2.70. The summed E-state index contributed by atoms with van der Waals surface area (Å²) in [6.45, 7) is 1.82. The minimum Gasteiger partial charge on any atom is -0.381 e. The van der Waals surface area contributed by atoms with Gasteiger partial charge in [0.2, 0.25) is 0 Å². The Morgan fingerprint density at radius 1 is 1.19 bits per heavy atom. The van der Waals surface area contributed by atoms with Crippen LogP contribution in [0.3, 0.4) is 0 Å². The molecule has 2 nitrogen and oxygen atoms in total. The number of rotatable bonds is 2. The molecule has 0 aliphatic carbocycles. The highest BCUT2D eigenvalue weighted by atomic mass is 19.4. The molecule has 0 spiro atoms. The van der Waals surface area contributed by atoms with Crippen molar-refractivity contribution in [2.24, 2.45) is 0 Å². The summed E-state index contributed by atoms with van der Waals surface area (Å²) in [6, 6.07) is 5.47. The third-order valence-electron chi connectivity index (χ3n) is 2.64. The van der Waals surface area contributed by atoms with E-state index in [0.29, 0.717) is 6.04 Å². The van der Waals surface area contributed by atoms with Gasteiger partial charge in [0, 0.05) is 18.3 Å². The van der Waals surface area contributed by atoms with Crippen LogP contribution in [-0.2, 0) is 6.18 Å². The molecule has 1 aliphatic heterocycles. The van der Waals surface area contributed by atoms with Crippen LogP contribution in [0.1, 0.15) is 12.0 Å². The molecule has 1 aliphatic rings. The summed E-state index contributed by atoms with van der Waals surface area (Å²) in [5, 5.41) is 6.38. The standard InChI is InChI=1S/C11H13F3N2/c12-11(13,14)8-1-3-9(4-2-8)16-10-5-6-15-7-10/h1-4,10,15-16H,5-7H2/t10-/m0/s1. The molecule has 0 radical (unpaired) electrons. The zero-order valence-corrected chi connectivity index (χ0v) is 8.64. The predicted octanol–water partition coefficient (Wildman–Crippen LogP) is 2.48. The van der Waals surface area contributed by atoms with Gasteiger partial charge in [-0.2, -0.15) is 13.2 Å². The van der Waals surface area contributed by atoms with Gasteiger partial charge in [-0.15, -0.1) is 0 Å². The molecule has 0 bridgehead atoms. The molecule has 1 heterocycles. The monoisotopic (exact) mass is 230 g/mol. The molecule has 0 saturated carbocycles. The fourth-order valence-corrected chi connectivity index (χ4v) is 1.77. The molecular formula is C11H13F3N2. The zero-order chi connectivity index (χ0) is 11.6. The third-order valence-corrected chi connectivity index (χ3v) is 2.64. The first-order valence-corrected chi connectivity index (χ1v) is 5.20. The van der Waals surface area contributed by atoms with Crippen molar-refractivity contribution in [3.63, 3.8) is 0 Å². The van der Waals surface area contributed by atoms with Crippen molar-refractivity contribution in [2.75, 3.05) is 18.4 Å². The van der Waals surface area contributed by atoms with E-state index in [4.69, 9.17) is 0 Å². The molecule has 88 valence electrons. The smallest absolute Gasteiger partial charge is 0.381 e. The number of benzene rings is 1. The molecule has 1 fully saturated rings. The van der Waals surface area contributed by atoms with Crippen molar-refractivity contribution in [3.05, 3.63) is 29.8 Å². The Bertz CT molecular complexity index is 339. The summed E-state index contributed by atoms with van der Waals surface area (Å²) >= 11 is 0. The Balaban J connectivity index is 2.01. The van der Waals surface area contributed by atoms with E-state index in [1.807, 2.05) is 0 Å². The number of halogens is 3. The van der Waals surface area contributed by atoms with Crippen molar-refractivity contribution in [3.8, 4) is 0 Å². The average molecular weight is 230 g/mol. The molecule has 1 aromatic carbocycles. The van der Waals surface area contributed by atoms with E-state index in [1.165, 1.54) is 12.1 Å². The highest BCUT2D eigenvalue weighted by molar-refractivity contribution is 5.46. The lowest BCUT2D eigenvalue weighted by molar-refractivity contribution is -0.137. The fourth-order valence-electron chi connectivity index (χ4n) is 1.77. The second-order valence-electron chi connectivity index (χ2n) is 3.91. The number of hydrogen-bond donors (Lipinski definition) is 2. The van der Waals surface area contributed by atoms with Gasteiger partial charge in [0.05, 0.1) is 5.56 Å². The first-order valence-electron chi connectivity index (χ1n) is 5.20. The quantitative estimate of drug-likeness (QED) is 0.815. The van der Waals surface area contributed by atoms with Crippen LogP contribution >= 0.6 is 0 Å². The minimum absolute atomic E-state index is 0.316. The van der Waals surface area contributed by atoms with Crippen LogP contribution < -0.4 is 10.6 Å². The molecule has 16 heavy (non-hydrogen) atoms. The van der Waals surface area contributed by atoms with E-state index in [9.17, 15) is 13.2 Å². The maximum atomic E-state index is 12.3. The molecular weight excluding hydrogens is 217 g/mol. The molecule has 2 rings (SSSR count). The lowest BCUT2D eigenvalue weighted by Gasteiger charge is -2.13. The van der Waals surface area contributed by atoms with Gasteiger partial charge in [0.15, 0.2) is 0 Å². The first kappa shape index (κ1) is 11.3. The van der Waals surface area contributed by atoms with Crippen LogP contribution in [-0.4, -0.2) is 19.1 Å². The summed E-state index contributed by atoms with van der Waals surface area (Å²) in [5.41, 5.74) is 0.129. The minimum atomic E-state index is -4.26. The van der Waals surface area contributed by atoms with Gasteiger partial charge >= 0.3 is 6.18 Å². The van der Waals surface area contributed by atoms with Crippen LogP contribution in [0, 0.1) is 0 Å². The number of nitrogens with one attached hydrogen (secondary N) is 2. The summed E-state index contributed by atoms with van der Waals surface area (Å²) in [6.07, 6.45) is -3.26. The molecule has 1 aromatic rings. The fraction of sp³-hybridized carbons (Fsp3) is 0.455. The number of alkyl halides is 3. The molecule has 1 saturated heterocycles. The largest absolute Gasteiger partial charge is 0.416 e. The highest BCUT2D eigenvalue weighted by Crippen LogP contribution is 2.29. The lowest BCUT2D eigenvalue weighted by Crippen LogP contribution is -2.22. The van der Waals surface area contributed by atoms with Gasteiger partial charge in [0.25, 0.3) is 0 Å². The van der Waals surface area contributed by atoms with Crippen LogP contribution in [0.5, 0.6) is 0 Å². The van der Waals surface area contributed by atoms with Crippen LogP contribution in [0.2, 0.25) is 0 Å². The van der Waals surface area contributed by atoms with Crippen LogP contribution in [0.25, 0.3) is 0 Å². The molecule has 1 atom stereocenters. The number of anilines is 1. The van der Waals surface area contributed by atoms with E-state index < -0.39 is 11.7 Å². The molecule has 2 N–H and O–H groups in total.